The van der Waals surface area contributed by atoms with Crippen LogP contribution in [-0.4, -0.2) is 140 Å². The number of imidazole rings is 4. The van der Waals surface area contributed by atoms with Crippen LogP contribution in [0.25, 0.3) is 112 Å². The lowest BCUT2D eigenvalue weighted by Gasteiger charge is -2.34. The van der Waals surface area contributed by atoms with Crippen LogP contribution in [0, 0.1) is 11.8 Å². The van der Waals surface area contributed by atoms with Crippen molar-refractivity contribution in [2.24, 2.45) is 11.8 Å². The molecule has 480 valence electrons. The third kappa shape index (κ3) is 14.2. The van der Waals surface area contributed by atoms with Crippen LogP contribution in [0.1, 0.15) is 99.2 Å². The van der Waals surface area contributed by atoms with Crippen molar-refractivity contribution in [3.8, 4) is 67.8 Å². The van der Waals surface area contributed by atoms with E-state index in [-0.39, 0.29) is 35.7 Å². The maximum absolute atomic E-state index is 13.5. The number of carbonyl (C=O) groups is 4. The topological polar surface area (TPSA) is 238 Å². The minimum absolute atomic E-state index is 0.0425. The Labute approximate surface area is 551 Å². The van der Waals surface area contributed by atoms with Crippen LogP contribution in [0.15, 0.2) is 170 Å². The van der Waals surface area contributed by atoms with E-state index in [1.807, 2.05) is 159 Å². The number of aromatic nitrogens is 8. The SMILES string of the molecule is CN(C)CCNC(=O)c1ccc(-c2nc3ccc(-c4ccc5nc(-c6ccc(C(=O)NC7CCC(CC8CCC(NC(=O)c9ccc(-c%10nc%11ccc(-c%12ccc%13nc(-c%14ccc(C(=O)NCCN(C)C)cc%14)[nH]c%13c%12)cc%11[nH]%10)cc9)CC8)CC7)cc6)[nH]c5c4)cc3[nH]2)cc1. The number of fused-ring (bicyclic) bond motifs is 4. The fraction of sp³-hybridized carbons (Fsp3) is 0.273. The zero-order valence-corrected chi connectivity index (χ0v) is 54.0. The molecular weight excluding hydrogens is 1180 g/mol. The van der Waals surface area contributed by atoms with Gasteiger partial charge >= 0.3 is 0 Å². The molecule has 8 aromatic carbocycles. The molecule has 12 aromatic rings. The molecule has 4 amide bonds. The van der Waals surface area contributed by atoms with Crippen LogP contribution < -0.4 is 21.3 Å². The second-order valence-corrected chi connectivity index (χ2v) is 26.3. The number of nitrogens with zero attached hydrogens (tertiary/aromatic N) is 6. The van der Waals surface area contributed by atoms with Gasteiger partial charge in [0.05, 0.1) is 44.1 Å². The number of rotatable bonds is 20. The first kappa shape index (κ1) is 61.9. The van der Waals surface area contributed by atoms with Crippen LogP contribution in [-0.2, 0) is 0 Å². The monoisotopic (exact) mass is 1260 g/mol. The van der Waals surface area contributed by atoms with Gasteiger partial charge in [-0.15, -0.1) is 0 Å². The van der Waals surface area contributed by atoms with E-state index < -0.39 is 0 Å². The molecule has 18 heteroatoms. The molecule has 0 radical (unpaired) electrons. The highest BCUT2D eigenvalue weighted by molar-refractivity contribution is 5.98. The third-order valence-corrected chi connectivity index (χ3v) is 19.0. The maximum Gasteiger partial charge on any atom is 0.251 e. The number of aromatic amines is 4. The Kier molecular flexibility index (Phi) is 17.7. The van der Waals surface area contributed by atoms with Crippen LogP contribution >= 0.6 is 0 Å². The van der Waals surface area contributed by atoms with Crippen LogP contribution in [0.4, 0.5) is 0 Å². The van der Waals surface area contributed by atoms with E-state index >= 15 is 0 Å². The minimum Gasteiger partial charge on any atom is -0.351 e. The van der Waals surface area contributed by atoms with E-state index in [4.69, 9.17) is 19.9 Å². The molecule has 95 heavy (non-hydrogen) atoms. The zero-order valence-electron chi connectivity index (χ0n) is 54.0. The van der Waals surface area contributed by atoms with Gasteiger partial charge in [0.25, 0.3) is 23.6 Å². The molecule has 0 bridgehead atoms. The Morgan fingerprint density at radius 1 is 0.347 bits per heavy atom. The predicted molar refractivity (Wildman–Crippen MR) is 377 cm³/mol. The summed E-state index contributed by atoms with van der Waals surface area (Å²) in [7, 11) is 7.92. The Morgan fingerprint density at radius 3 is 0.863 bits per heavy atom. The fourth-order valence-electron chi connectivity index (χ4n) is 13.5. The van der Waals surface area contributed by atoms with Crippen molar-refractivity contribution in [3.63, 3.8) is 0 Å². The summed E-state index contributed by atoms with van der Waals surface area (Å²) < 4.78 is 0. The molecule has 0 unspecified atom stereocenters. The van der Waals surface area contributed by atoms with Gasteiger partial charge in [-0.2, -0.15) is 0 Å². The first-order valence-corrected chi connectivity index (χ1v) is 33.1. The van der Waals surface area contributed by atoms with Gasteiger partial charge in [-0.1, -0.05) is 72.8 Å². The molecule has 2 fully saturated rings. The van der Waals surface area contributed by atoms with Crippen molar-refractivity contribution >= 4 is 67.8 Å². The van der Waals surface area contributed by atoms with Crippen molar-refractivity contribution in [1.82, 2.24) is 70.9 Å². The molecule has 14 rings (SSSR count). The number of hydrogen-bond acceptors (Lipinski definition) is 10. The lowest BCUT2D eigenvalue weighted by Crippen LogP contribution is -2.39. The quantitative estimate of drug-likeness (QED) is 0.0359. The van der Waals surface area contributed by atoms with Gasteiger partial charge in [0.15, 0.2) is 0 Å². The lowest BCUT2D eigenvalue weighted by molar-refractivity contribution is 0.0912. The average molecular weight is 1260 g/mol. The molecule has 4 heterocycles. The second kappa shape index (κ2) is 27.2. The predicted octanol–water partition coefficient (Wildman–Crippen LogP) is 13.4. The van der Waals surface area contributed by atoms with Gasteiger partial charge in [-0.05, 0) is 217 Å². The molecule has 2 aliphatic carbocycles. The van der Waals surface area contributed by atoms with Crippen molar-refractivity contribution in [1.29, 1.82) is 0 Å². The van der Waals surface area contributed by atoms with Crippen LogP contribution in [0.3, 0.4) is 0 Å². The van der Waals surface area contributed by atoms with Gasteiger partial charge < -0.3 is 51.0 Å². The first-order valence-electron chi connectivity index (χ1n) is 33.1. The first-order chi connectivity index (χ1) is 46.2. The highest BCUT2D eigenvalue weighted by Crippen LogP contribution is 2.37. The molecule has 8 N–H and O–H groups in total. The number of H-pyrrole nitrogens is 4. The summed E-state index contributed by atoms with van der Waals surface area (Å²) in [5.41, 5.74) is 17.3. The molecule has 4 aromatic heterocycles. The summed E-state index contributed by atoms with van der Waals surface area (Å²) >= 11 is 0. The van der Waals surface area contributed by atoms with Gasteiger partial charge in [-0.25, -0.2) is 19.9 Å². The van der Waals surface area contributed by atoms with E-state index in [0.717, 1.165) is 176 Å². The summed E-state index contributed by atoms with van der Waals surface area (Å²) in [6.45, 7) is 2.72. The van der Waals surface area contributed by atoms with E-state index in [1.54, 1.807) is 0 Å². The number of likely N-dealkylation sites (N-methyl/N-ethyl adjacent to an activating group) is 2. The molecule has 0 atom stereocenters. The standard InChI is InChI=1S/C77H78N14O4/c1-90(2)39-37-78-74(92)52-17-9-48(10-18-52)70-82-62-33-25-56(42-66(62)86-70)58-27-35-64-68(44-58)88-72(84-64)50-13-21-54(22-14-50)76(94)80-60-29-5-46(6-30-60)41-47-7-31-61(32-8-47)81-77(95)55-23-15-51(16-24-55)73-85-65-36-28-59(45-69(65)89-73)57-26-34-63-67(43-57)87-71(83-63)49-11-19-53(20-12-49)75(93)79-38-40-91(3)4/h9-28,33-36,42-47,60-61H,5-8,29-32,37-41H2,1-4H3,(H,78,92)(H,79,93)(H,80,94)(H,81,95)(H,82,86)(H,83,87)(H,84,88)(H,85,89). The van der Waals surface area contributed by atoms with Crippen molar-refractivity contribution in [2.75, 3.05) is 54.4 Å². The number of carbonyl (C=O) groups excluding carboxylic acids is 4. The fourth-order valence-corrected chi connectivity index (χ4v) is 13.5. The molecule has 18 nitrogen and oxygen atoms in total. The number of nitrogens with one attached hydrogen (secondary N) is 8. The van der Waals surface area contributed by atoms with Gasteiger partial charge in [0.2, 0.25) is 0 Å². The highest BCUT2D eigenvalue weighted by atomic mass is 16.2. The van der Waals surface area contributed by atoms with Crippen molar-refractivity contribution in [2.45, 2.75) is 69.9 Å². The maximum atomic E-state index is 13.5. The zero-order chi connectivity index (χ0) is 65.1. The second-order valence-electron chi connectivity index (χ2n) is 26.3. The Balaban J connectivity index is 0.510. The van der Waals surface area contributed by atoms with Crippen molar-refractivity contribution in [3.05, 3.63) is 192 Å². The molecular formula is C77H78N14O4. The minimum atomic E-state index is -0.0939. The van der Waals surface area contributed by atoms with Crippen molar-refractivity contribution < 1.29 is 19.2 Å². The van der Waals surface area contributed by atoms with Crippen LogP contribution in [0.2, 0.25) is 0 Å². The Hall–Kier alpha value is -10.6. The Bertz CT molecular complexity index is 4460. The lowest BCUT2D eigenvalue weighted by atomic mass is 9.75. The molecule has 0 saturated heterocycles. The smallest absolute Gasteiger partial charge is 0.251 e. The van der Waals surface area contributed by atoms with E-state index in [2.05, 4.69) is 89.7 Å². The third-order valence-electron chi connectivity index (χ3n) is 19.0. The largest absolute Gasteiger partial charge is 0.351 e. The van der Waals surface area contributed by atoms with Crippen LogP contribution in [0.5, 0.6) is 0 Å². The summed E-state index contributed by atoms with van der Waals surface area (Å²) in [4.78, 5) is 89.8. The van der Waals surface area contributed by atoms with Gasteiger partial charge in [0, 0.05) is 82.8 Å². The molecule has 0 aliphatic heterocycles. The summed E-state index contributed by atoms with van der Waals surface area (Å²) in [5, 5.41) is 12.6. The number of benzene rings is 8. The summed E-state index contributed by atoms with van der Waals surface area (Å²) in [5.74, 6) is 3.99. The number of hydrogen-bond donors (Lipinski definition) is 8. The van der Waals surface area contributed by atoms with Gasteiger partial charge in [0.1, 0.15) is 23.3 Å². The highest BCUT2D eigenvalue weighted by Gasteiger charge is 2.29. The average Bonchev–Trinajstić information content (AvgIpc) is 1.70. The Morgan fingerprint density at radius 2 is 0.600 bits per heavy atom. The summed E-state index contributed by atoms with van der Waals surface area (Å²) in [6, 6.07) is 55.5. The number of amides is 4. The summed E-state index contributed by atoms with van der Waals surface area (Å²) in [6.07, 6.45) is 9.57. The molecule has 2 aliphatic rings. The van der Waals surface area contributed by atoms with E-state index in [0.29, 0.717) is 47.2 Å². The van der Waals surface area contributed by atoms with E-state index in [1.165, 1.54) is 6.42 Å². The van der Waals surface area contributed by atoms with E-state index in [9.17, 15) is 19.2 Å². The molecule has 2 saturated carbocycles. The van der Waals surface area contributed by atoms with Gasteiger partial charge in [-0.3, -0.25) is 19.2 Å². The molecule has 0 spiro atoms. The normalized spacial score (nSPS) is 16.7.